The summed E-state index contributed by atoms with van der Waals surface area (Å²) in [4.78, 5) is 25.7. The number of anilines is 1. The molecule has 2 rings (SSSR count). The number of para-hydroxylation sites is 1. The first-order chi connectivity index (χ1) is 9.84. The predicted molar refractivity (Wildman–Crippen MR) is 80.9 cm³/mol. The summed E-state index contributed by atoms with van der Waals surface area (Å²) in [6, 6.07) is 6.99. The molecule has 1 aromatic rings. The standard InChI is InChI=1S/C16H22N2O3/c1-16(2,15(20)21)11-6-5-9-18(10-11)14(19)12-7-3-4-8-13(12)17/h3-4,7-8,11H,5-6,9-10,17H2,1-2H3,(H,20,21). The first-order valence-electron chi connectivity index (χ1n) is 7.21. The Bertz CT molecular complexity index is 554. The van der Waals surface area contributed by atoms with E-state index in [-0.39, 0.29) is 11.8 Å². The summed E-state index contributed by atoms with van der Waals surface area (Å²) in [5.41, 5.74) is 5.98. The van der Waals surface area contributed by atoms with Gasteiger partial charge < -0.3 is 15.7 Å². The number of carbonyl (C=O) groups is 2. The maximum atomic E-state index is 12.6. The van der Waals surface area contributed by atoms with Crippen LogP contribution in [0.5, 0.6) is 0 Å². The molecule has 1 atom stereocenters. The predicted octanol–water partition coefficient (Wildman–Crippen LogP) is 2.23. The Morgan fingerprint density at radius 2 is 2.00 bits per heavy atom. The van der Waals surface area contributed by atoms with E-state index in [0.29, 0.717) is 24.3 Å². The van der Waals surface area contributed by atoms with Gasteiger partial charge in [0, 0.05) is 18.8 Å². The highest BCUT2D eigenvalue weighted by Crippen LogP contribution is 2.34. The molecule has 0 saturated carbocycles. The molecule has 1 unspecified atom stereocenters. The van der Waals surface area contributed by atoms with Crippen molar-refractivity contribution in [2.45, 2.75) is 26.7 Å². The van der Waals surface area contributed by atoms with E-state index in [9.17, 15) is 14.7 Å². The van der Waals surface area contributed by atoms with Crippen LogP contribution in [0, 0.1) is 11.3 Å². The van der Waals surface area contributed by atoms with Crippen molar-refractivity contribution >= 4 is 17.6 Å². The third-order valence-corrected chi connectivity index (χ3v) is 4.47. The van der Waals surface area contributed by atoms with Gasteiger partial charge in [0.1, 0.15) is 0 Å². The zero-order valence-electron chi connectivity index (χ0n) is 12.5. The monoisotopic (exact) mass is 290 g/mol. The van der Waals surface area contributed by atoms with Crippen LogP contribution in [-0.2, 0) is 4.79 Å². The lowest BCUT2D eigenvalue weighted by molar-refractivity contribution is -0.151. The van der Waals surface area contributed by atoms with Crippen LogP contribution in [0.2, 0.25) is 0 Å². The lowest BCUT2D eigenvalue weighted by Crippen LogP contribution is -2.47. The minimum atomic E-state index is -0.832. The second kappa shape index (κ2) is 5.76. The largest absolute Gasteiger partial charge is 0.481 e. The maximum Gasteiger partial charge on any atom is 0.309 e. The second-order valence-corrected chi connectivity index (χ2v) is 6.20. The van der Waals surface area contributed by atoms with Crippen LogP contribution in [0.15, 0.2) is 24.3 Å². The molecule has 1 fully saturated rings. The molecule has 1 amide bonds. The minimum absolute atomic E-state index is 0.0439. The molecule has 1 heterocycles. The van der Waals surface area contributed by atoms with Crippen LogP contribution < -0.4 is 5.73 Å². The first kappa shape index (κ1) is 15.4. The molecule has 0 aliphatic carbocycles. The van der Waals surface area contributed by atoms with Crippen molar-refractivity contribution in [2.24, 2.45) is 11.3 Å². The molecule has 0 bridgehead atoms. The van der Waals surface area contributed by atoms with Crippen LogP contribution in [0.4, 0.5) is 5.69 Å². The van der Waals surface area contributed by atoms with Crippen molar-refractivity contribution in [3.05, 3.63) is 29.8 Å². The first-order valence-corrected chi connectivity index (χ1v) is 7.21. The number of amides is 1. The second-order valence-electron chi connectivity index (χ2n) is 6.20. The summed E-state index contributed by atoms with van der Waals surface area (Å²) in [6.07, 6.45) is 1.65. The number of nitrogens with two attached hydrogens (primary N) is 1. The van der Waals surface area contributed by atoms with Gasteiger partial charge in [-0.05, 0) is 44.7 Å². The third-order valence-electron chi connectivity index (χ3n) is 4.47. The Hall–Kier alpha value is -2.04. The highest BCUT2D eigenvalue weighted by molar-refractivity contribution is 5.99. The Morgan fingerprint density at radius 3 is 2.62 bits per heavy atom. The van der Waals surface area contributed by atoms with Gasteiger partial charge in [-0.1, -0.05) is 12.1 Å². The van der Waals surface area contributed by atoms with Crippen LogP contribution in [-0.4, -0.2) is 35.0 Å². The van der Waals surface area contributed by atoms with Crippen LogP contribution >= 0.6 is 0 Å². The molecule has 0 aromatic heterocycles. The molecular formula is C16H22N2O3. The quantitative estimate of drug-likeness (QED) is 0.836. The molecule has 1 saturated heterocycles. The van der Waals surface area contributed by atoms with Crippen molar-refractivity contribution < 1.29 is 14.7 Å². The number of nitrogen functional groups attached to an aromatic ring is 1. The highest BCUT2D eigenvalue weighted by Gasteiger charge is 2.40. The number of benzene rings is 1. The summed E-state index contributed by atoms with van der Waals surface area (Å²) in [6.45, 7) is 4.57. The fourth-order valence-electron chi connectivity index (χ4n) is 2.79. The van der Waals surface area contributed by atoms with Crippen LogP contribution in [0.25, 0.3) is 0 Å². The van der Waals surface area contributed by atoms with Crippen LogP contribution in [0.3, 0.4) is 0 Å². The van der Waals surface area contributed by atoms with E-state index < -0.39 is 11.4 Å². The van der Waals surface area contributed by atoms with E-state index in [0.717, 1.165) is 12.8 Å². The molecule has 114 valence electrons. The molecular weight excluding hydrogens is 268 g/mol. The van der Waals surface area contributed by atoms with Gasteiger partial charge in [0.15, 0.2) is 0 Å². The number of aliphatic carboxylic acids is 1. The van der Waals surface area contributed by atoms with Gasteiger partial charge in [-0.2, -0.15) is 0 Å². The maximum absolute atomic E-state index is 12.6. The smallest absolute Gasteiger partial charge is 0.309 e. The Morgan fingerprint density at radius 1 is 1.33 bits per heavy atom. The zero-order valence-corrected chi connectivity index (χ0v) is 12.5. The summed E-state index contributed by atoms with van der Waals surface area (Å²) >= 11 is 0. The van der Waals surface area contributed by atoms with Crippen molar-refractivity contribution in [3.63, 3.8) is 0 Å². The summed E-state index contributed by atoms with van der Waals surface area (Å²) < 4.78 is 0. The van der Waals surface area contributed by atoms with Crippen molar-refractivity contribution in [2.75, 3.05) is 18.8 Å². The summed E-state index contributed by atoms with van der Waals surface area (Å²) in [5, 5.41) is 9.36. The summed E-state index contributed by atoms with van der Waals surface area (Å²) in [7, 11) is 0. The fraction of sp³-hybridized carbons (Fsp3) is 0.500. The van der Waals surface area contributed by atoms with Gasteiger partial charge in [-0.15, -0.1) is 0 Å². The normalized spacial score (nSPS) is 19.3. The molecule has 5 heteroatoms. The number of carboxylic acids is 1. The Balaban J connectivity index is 2.17. The molecule has 1 aliphatic heterocycles. The van der Waals surface area contributed by atoms with E-state index >= 15 is 0 Å². The van der Waals surface area contributed by atoms with Crippen molar-refractivity contribution in [1.29, 1.82) is 0 Å². The molecule has 3 N–H and O–H groups in total. The highest BCUT2D eigenvalue weighted by atomic mass is 16.4. The lowest BCUT2D eigenvalue weighted by Gasteiger charge is -2.39. The average Bonchev–Trinajstić information content (AvgIpc) is 2.47. The Labute approximate surface area is 124 Å². The number of hydrogen-bond acceptors (Lipinski definition) is 3. The van der Waals surface area contributed by atoms with Crippen molar-refractivity contribution in [1.82, 2.24) is 4.90 Å². The zero-order chi connectivity index (χ0) is 15.6. The SMILES string of the molecule is CC(C)(C(=O)O)C1CCCN(C(=O)c2ccccc2N)C1. The number of carboxylic acid groups (broad SMARTS) is 1. The molecule has 5 nitrogen and oxygen atoms in total. The fourth-order valence-corrected chi connectivity index (χ4v) is 2.79. The number of hydrogen-bond donors (Lipinski definition) is 2. The molecule has 0 spiro atoms. The summed E-state index contributed by atoms with van der Waals surface area (Å²) in [5.74, 6) is -0.974. The van der Waals surface area contributed by atoms with E-state index in [1.807, 2.05) is 0 Å². The van der Waals surface area contributed by atoms with E-state index in [2.05, 4.69) is 0 Å². The number of rotatable bonds is 3. The number of nitrogens with zero attached hydrogens (tertiary/aromatic N) is 1. The van der Waals surface area contributed by atoms with Crippen molar-refractivity contribution in [3.8, 4) is 0 Å². The number of piperidine rings is 1. The van der Waals surface area contributed by atoms with Gasteiger partial charge in [0.2, 0.25) is 0 Å². The van der Waals surface area contributed by atoms with Gasteiger partial charge in [-0.25, -0.2) is 0 Å². The lowest BCUT2D eigenvalue weighted by atomic mass is 9.74. The topological polar surface area (TPSA) is 83.6 Å². The average molecular weight is 290 g/mol. The van der Waals surface area contributed by atoms with E-state index in [1.54, 1.807) is 43.0 Å². The van der Waals surface area contributed by atoms with E-state index in [1.165, 1.54) is 0 Å². The van der Waals surface area contributed by atoms with Gasteiger partial charge in [-0.3, -0.25) is 9.59 Å². The molecule has 21 heavy (non-hydrogen) atoms. The molecule has 1 aliphatic rings. The van der Waals surface area contributed by atoms with Gasteiger partial charge >= 0.3 is 5.97 Å². The molecule has 0 radical (unpaired) electrons. The Kier molecular flexibility index (Phi) is 4.21. The number of carbonyl (C=O) groups excluding carboxylic acids is 1. The van der Waals surface area contributed by atoms with Crippen LogP contribution in [0.1, 0.15) is 37.0 Å². The number of likely N-dealkylation sites (tertiary alicyclic amines) is 1. The minimum Gasteiger partial charge on any atom is -0.481 e. The third kappa shape index (κ3) is 3.01. The van der Waals surface area contributed by atoms with Gasteiger partial charge in [0.05, 0.1) is 11.0 Å². The molecule has 1 aromatic carbocycles. The van der Waals surface area contributed by atoms with E-state index in [4.69, 9.17) is 5.73 Å². The van der Waals surface area contributed by atoms with Gasteiger partial charge in [0.25, 0.3) is 5.91 Å².